The highest BCUT2D eigenvalue weighted by atomic mass is 16.5. The van der Waals surface area contributed by atoms with E-state index in [9.17, 15) is 0 Å². The number of hydrogen-bond acceptors (Lipinski definition) is 1. The summed E-state index contributed by atoms with van der Waals surface area (Å²) in [6.45, 7) is 9.86. The van der Waals surface area contributed by atoms with E-state index in [1.54, 1.807) is 0 Å². The molecular formula is C40H38O. The Morgan fingerprint density at radius 1 is 0.634 bits per heavy atom. The molecule has 0 fully saturated rings. The second-order valence-corrected chi connectivity index (χ2v) is 12.2. The first-order chi connectivity index (χ1) is 19.9. The maximum absolute atomic E-state index is 5.90. The summed E-state index contributed by atoms with van der Waals surface area (Å²) in [5, 5.41) is 7.88. The highest BCUT2D eigenvalue weighted by Gasteiger charge is 2.17. The largest absolute Gasteiger partial charge is 0.494 e. The van der Waals surface area contributed by atoms with E-state index in [4.69, 9.17) is 4.74 Å². The normalized spacial score (nSPS) is 11.7. The fraction of sp³-hybridized carbons (Fsp3) is 0.250. The third-order valence-electron chi connectivity index (χ3n) is 8.10. The number of rotatable bonds is 7. The first-order valence-electron chi connectivity index (χ1n) is 15.0. The van der Waals surface area contributed by atoms with Crippen LogP contribution >= 0.6 is 0 Å². The summed E-state index contributed by atoms with van der Waals surface area (Å²) in [6.07, 6.45) is 4.84. The van der Waals surface area contributed by atoms with Gasteiger partial charge in [-0.15, -0.1) is 0 Å². The molecule has 6 aromatic carbocycles. The SMILES string of the molecule is CCCCCCOc1ccc(C#Cc2ccccc2-c2cc3ccc4cc(C(C)(C)C)cc5ccc(c2)c3c45)cc1. The Hall–Kier alpha value is -4.28. The van der Waals surface area contributed by atoms with Crippen LogP contribution in [0.1, 0.15) is 70.1 Å². The second kappa shape index (κ2) is 11.3. The van der Waals surface area contributed by atoms with Gasteiger partial charge in [0.05, 0.1) is 6.61 Å². The highest BCUT2D eigenvalue weighted by Crippen LogP contribution is 2.40. The Bertz CT molecular complexity index is 1810. The molecule has 0 atom stereocenters. The number of hydrogen-bond donors (Lipinski definition) is 0. The summed E-state index contributed by atoms with van der Waals surface area (Å²) in [7, 11) is 0. The van der Waals surface area contributed by atoms with Gasteiger partial charge >= 0.3 is 0 Å². The zero-order valence-electron chi connectivity index (χ0n) is 24.7. The van der Waals surface area contributed by atoms with E-state index < -0.39 is 0 Å². The minimum Gasteiger partial charge on any atom is -0.494 e. The molecule has 41 heavy (non-hydrogen) atoms. The molecule has 0 N–H and O–H groups in total. The van der Waals surface area contributed by atoms with E-state index in [-0.39, 0.29) is 5.41 Å². The van der Waals surface area contributed by atoms with Crippen LogP contribution in [0.4, 0.5) is 0 Å². The summed E-state index contributed by atoms with van der Waals surface area (Å²) in [5.74, 6) is 7.74. The Morgan fingerprint density at radius 3 is 1.85 bits per heavy atom. The van der Waals surface area contributed by atoms with Crippen LogP contribution in [0.3, 0.4) is 0 Å². The Balaban J connectivity index is 1.31. The molecule has 6 aromatic rings. The molecule has 0 aromatic heterocycles. The molecule has 0 unspecified atom stereocenters. The summed E-state index contributed by atoms with van der Waals surface area (Å²) in [4.78, 5) is 0. The van der Waals surface area contributed by atoms with E-state index in [0.717, 1.165) is 35.5 Å². The lowest BCUT2D eigenvalue weighted by Gasteiger charge is -2.21. The van der Waals surface area contributed by atoms with Gasteiger partial charge in [0.1, 0.15) is 5.75 Å². The molecule has 0 aliphatic carbocycles. The van der Waals surface area contributed by atoms with Crippen LogP contribution in [-0.2, 0) is 5.41 Å². The third-order valence-corrected chi connectivity index (χ3v) is 8.10. The van der Waals surface area contributed by atoms with Gasteiger partial charge in [-0.05, 0) is 103 Å². The Labute approximate surface area is 244 Å². The molecule has 0 spiro atoms. The van der Waals surface area contributed by atoms with Crippen molar-refractivity contribution in [1.29, 1.82) is 0 Å². The first-order valence-corrected chi connectivity index (χ1v) is 15.0. The zero-order chi connectivity index (χ0) is 28.4. The predicted octanol–water partition coefficient (Wildman–Crippen LogP) is 10.9. The van der Waals surface area contributed by atoms with Crippen LogP contribution in [0.2, 0.25) is 0 Å². The van der Waals surface area contributed by atoms with Gasteiger partial charge in [0.15, 0.2) is 0 Å². The van der Waals surface area contributed by atoms with Crippen LogP contribution in [0, 0.1) is 11.8 Å². The van der Waals surface area contributed by atoms with Crippen molar-refractivity contribution in [2.75, 3.05) is 6.61 Å². The fourth-order valence-electron chi connectivity index (χ4n) is 5.76. The molecule has 0 bridgehead atoms. The van der Waals surface area contributed by atoms with Crippen molar-refractivity contribution in [2.24, 2.45) is 0 Å². The lowest BCUT2D eigenvalue weighted by Crippen LogP contribution is -2.10. The van der Waals surface area contributed by atoms with E-state index in [1.165, 1.54) is 62.7 Å². The van der Waals surface area contributed by atoms with Gasteiger partial charge in [-0.2, -0.15) is 0 Å². The topological polar surface area (TPSA) is 9.23 Å². The molecular weight excluding hydrogens is 496 g/mol. The highest BCUT2D eigenvalue weighted by molar-refractivity contribution is 6.24. The monoisotopic (exact) mass is 534 g/mol. The van der Waals surface area contributed by atoms with Crippen molar-refractivity contribution in [3.63, 3.8) is 0 Å². The van der Waals surface area contributed by atoms with Crippen LogP contribution in [0.15, 0.2) is 97.1 Å². The fourth-order valence-corrected chi connectivity index (χ4v) is 5.76. The summed E-state index contributed by atoms with van der Waals surface area (Å²) < 4.78 is 5.90. The summed E-state index contributed by atoms with van der Waals surface area (Å²) in [5.41, 5.74) is 5.87. The molecule has 0 aliphatic rings. The molecule has 6 rings (SSSR count). The van der Waals surface area contributed by atoms with Crippen molar-refractivity contribution in [2.45, 2.75) is 58.8 Å². The predicted molar refractivity (Wildman–Crippen MR) is 176 cm³/mol. The Kier molecular flexibility index (Phi) is 7.42. The summed E-state index contributed by atoms with van der Waals surface area (Å²) >= 11 is 0. The molecule has 0 saturated carbocycles. The third kappa shape index (κ3) is 5.66. The first kappa shape index (κ1) is 26.9. The quantitative estimate of drug-likeness (QED) is 0.112. The van der Waals surface area contributed by atoms with Crippen LogP contribution in [-0.4, -0.2) is 6.61 Å². The number of ether oxygens (including phenoxy) is 1. The van der Waals surface area contributed by atoms with Gasteiger partial charge in [-0.25, -0.2) is 0 Å². The molecule has 0 aliphatic heterocycles. The van der Waals surface area contributed by atoms with Crippen molar-refractivity contribution < 1.29 is 4.74 Å². The maximum atomic E-state index is 5.90. The van der Waals surface area contributed by atoms with Gasteiger partial charge in [0.25, 0.3) is 0 Å². The minimum absolute atomic E-state index is 0.117. The van der Waals surface area contributed by atoms with Crippen molar-refractivity contribution in [3.8, 4) is 28.7 Å². The van der Waals surface area contributed by atoms with Crippen molar-refractivity contribution in [1.82, 2.24) is 0 Å². The lowest BCUT2D eigenvalue weighted by atomic mass is 9.83. The molecule has 1 nitrogen and oxygen atoms in total. The van der Waals surface area contributed by atoms with Crippen molar-refractivity contribution in [3.05, 3.63) is 114 Å². The summed E-state index contributed by atoms with van der Waals surface area (Å²) in [6, 6.07) is 35.1. The molecule has 0 radical (unpaired) electrons. The average molecular weight is 535 g/mol. The zero-order valence-corrected chi connectivity index (χ0v) is 24.7. The second-order valence-electron chi connectivity index (χ2n) is 12.2. The molecule has 0 saturated heterocycles. The van der Waals surface area contributed by atoms with Crippen molar-refractivity contribution >= 4 is 32.3 Å². The van der Waals surface area contributed by atoms with Gasteiger partial charge < -0.3 is 4.74 Å². The standard InChI is InChI=1S/C40H38O/c1-5-6-7-10-23-41-36-21-14-28(15-22-36)13-16-29-11-8-9-12-37(29)34-24-30-17-19-32-26-35(40(2,3)4)27-33-20-18-31(25-34)38(30)39(32)33/h8-9,11-12,14-15,17-22,24-27H,5-7,10,23H2,1-4H3. The smallest absolute Gasteiger partial charge is 0.119 e. The Morgan fingerprint density at radius 2 is 1.24 bits per heavy atom. The molecule has 0 amide bonds. The van der Waals surface area contributed by atoms with Crippen LogP contribution in [0.5, 0.6) is 5.75 Å². The molecule has 1 heteroatoms. The lowest BCUT2D eigenvalue weighted by molar-refractivity contribution is 0.305. The van der Waals surface area contributed by atoms with E-state index in [1.807, 2.05) is 12.1 Å². The molecule has 0 heterocycles. The van der Waals surface area contributed by atoms with Gasteiger partial charge in [-0.1, -0.05) is 113 Å². The minimum atomic E-state index is 0.117. The average Bonchev–Trinajstić information content (AvgIpc) is 2.98. The van der Waals surface area contributed by atoms with Gasteiger partial charge in [0, 0.05) is 11.1 Å². The molecule has 204 valence electrons. The number of unbranched alkanes of at least 4 members (excludes halogenated alkanes) is 3. The van der Waals surface area contributed by atoms with E-state index in [0.29, 0.717) is 0 Å². The van der Waals surface area contributed by atoms with E-state index in [2.05, 4.69) is 124 Å². The van der Waals surface area contributed by atoms with Gasteiger partial charge in [-0.3, -0.25) is 0 Å². The van der Waals surface area contributed by atoms with Crippen LogP contribution in [0.25, 0.3) is 43.4 Å². The van der Waals surface area contributed by atoms with Gasteiger partial charge in [0.2, 0.25) is 0 Å². The van der Waals surface area contributed by atoms with E-state index >= 15 is 0 Å². The number of benzene rings is 6. The maximum Gasteiger partial charge on any atom is 0.119 e. The van der Waals surface area contributed by atoms with Crippen LogP contribution < -0.4 is 4.74 Å².